The van der Waals surface area contributed by atoms with E-state index in [1.165, 1.54) is 0 Å². The van der Waals surface area contributed by atoms with E-state index in [0.29, 0.717) is 32.6 Å². The Morgan fingerprint density at radius 1 is 1.20 bits per heavy atom. The minimum absolute atomic E-state index is 0.213. The normalized spacial score (nSPS) is 21.5. The van der Waals surface area contributed by atoms with Crippen LogP contribution in [0.3, 0.4) is 0 Å². The first kappa shape index (κ1) is 18.0. The van der Waals surface area contributed by atoms with E-state index in [1.807, 2.05) is 24.3 Å². The predicted molar refractivity (Wildman–Crippen MR) is 94.9 cm³/mol. The minimum atomic E-state index is -3.28. The summed E-state index contributed by atoms with van der Waals surface area (Å²) in [5, 5.41) is 2.38. The molecule has 2 aliphatic rings. The van der Waals surface area contributed by atoms with Gasteiger partial charge in [-0.25, -0.2) is 17.5 Å². The molecule has 1 unspecified atom stereocenters. The van der Waals surface area contributed by atoms with E-state index in [1.54, 1.807) is 16.3 Å². The number of sulfonamides is 1. The molecule has 2 heterocycles. The lowest BCUT2D eigenvalue weighted by atomic mass is 10.2. The summed E-state index contributed by atoms with van der Waals surface area (Å²) in [6, 6.07) is 7.26. The second kappa shape index (κ2) is 7.61. The van der Waals surface area contributed by atoms with Crippen LogP contribution in [0.15, 0.2) is 24.3 Å². The average molecular weight is 367 g/mol. The molecule has 2 aliphatic heterocycles. The Kier molecular flexibility index (Phi) is 5.48. The van der Waals surface area contributed by atoms with Gasteiger partial charge < -0.3 is 15.0 Å². The molecule has 0 spiro atoms. The van der Waals surface area contributed by atoms with Crippen LogP contribution in [0, 0.1) is 0 Å². The van der Waals surface area contributed by atoms with Crippen molar-refractivity contribution in [1.82, 2.24) is 14.5 Å². The zero-order chi connectivity index (χ0) is 17.9. The first-order valence-corrected chi connectivity index (χ1v) is 10.2. The Morgan fingerprint density at radius 2 is 1.88 bits per heavy atom. The first-order valence-electron chi connectivity index (χ1n) is 8.65. The SMILES string of the molecule is COc1ccc(CNC(=O)N2CCC(S(=O)(=O)N3CCCC3)C2)cc1. The summed E-state index contributed by atoms with van der Waals surface area (Å²) in [6.45, 7) is 2.38. The Morgan fingerprint density at radius 3 is 2.52 bits per heavy atom. The molecular formula is C17H25N3O4S. The van der Waals surface area contributed by atoms with Crippen LogP contribution in [0.2, 0.25) is 0 Å². The Labute approximate surface area is 149 Å². The Hall–Kier alpha value is -1.80. The molecule has 0 radical (unpaired) electrons. The molecule has 0 aliphatic carbocycles. The number of ether oxygens (including phenoxy) is 1. The summed E-state index contributed by atoms with van der Waals surface area (Å²) in [7, 11) is -1.67. The van der Waals surface area contributed by atoms with E-state index in [9.17, 15) is 13.2 Å². The van der Waals surface area contributed by atoms with Gasteiger partial charge in [-0.1, -0.05) is 12.1 Å². The summed E-state index contributed by atoms with van der Waals surface area (Å²) >= 11 is 0. The van der Waals surface area contributed by atoms with Gasteiger partial charge in [-0.2, -0.15) is 0 Å². The quantitative estimate of drug-likeness (QED) is 0.853. The number of nitrogens with one attached hydrogen (secondary N) is 1. The number of hydrogen-bond donors (Lipinski definition) is 1. The fourth-order valence-electron chi connectivity index (χ4n) is 3.34. The van der Waals surface area contributed by atoms with Crippen molar-refractivity contribution in [2.75, 3.05) is 33.3 Å². The van der Waals surface area contributed by atoms with Crippen molar-refractivity contribution in [2.24, 2.45) is 0 Å². The number of amides is 2. The van der Waals surface area contributed by atoms with Crippen molar-refractivity contribution < 1.29 is 17.9 Å². The molecule has 7 nitrogen and oxygen atoms in total. The fourth-order valence-corrected chi connectivity index (χ4v) is 5.30. The molecule has 25 heavy (non-hydrogen) atoms. The highest BCUT2D eigenvalue weighted by molar-refractivity contribution is 7.89. The highest BCUT2D eigenvalue weighted by Crippen LogP contribution is 2.23. The summed E-state index contributed by atoms with van der Waals surface area (Å²) in [5.41, 5.74) is 0.967. The molecule has 2 amide bonds. The van der Waals surface area contributed by atoms with Gasteiger partial charge in [-0.05, 0) is 37.0 Å². The number of carbonyl (C=O) groups excluding carboxylic acids is 1. The van der Waals surface area contributed by atoms with Crippen LogP contribution in [0.25, 0.3) is 0 Å². The van der Waals surface area contributed by atoms with Gasteiger partial charge in [0.05, 0.1) is 12.4 Å². The Bertz CT molecular complexity index is 699. The number of likely N-dealkylation sites (tertiary alicyclic amines) is 1. The van der Waals surface area contributed by atoms with Crippen LogP contribution < -0.4 is 10.1 Å². The third-order valence-electron chi connectivity index (χ3n) is 4.88. The summed E-state index contributed by atoms with van der Waals surface area (Å²) in [4.78, 5) is 13.9. The van der Waals surface area contributed by atoms with E-state index in [-0.39, 0.29) is 12.6 Å². The van der Waals surface area contributed by atoms with Gasteiger partial charge in [0, 0.05) is 32.7 Å². The van der Waals surface area contributed by atoms with E-state index in [4.69, 9.17) is 4.74 Å². The number of carbonyl (C=O) groups is 1. The molecule has 3 rings (SSSR count). The van der Waals surface area contributed by atoms with E-state index in [2.05, 4.69) is 5.32 Å². The van der Waals surface area contributed by atoms with Crippen molar-refractivity contribution >= 4 is 16.1 Å². The number of urea groups is 1. The lowest BCUT2D eigenvalue weighted by molar-refractivity contribution is 0.208. The number of rotatable bonds is 5. The van der Waals surface area contributed by atoms with Crippen LogP contribution in [0.4, 0.5) is 4.79 Å². The Balaban J connectivity index is 1.51. The van der Waals surface area contributed by atoms with Crippen LogP contribution in [0.1, 0.15) is 24.8 Å². The van der Waals surface area contributed by atoms with Crippen molar-refractivity contribution in [3.63, 3.8) is 0 Å². The van der Waals surface area contributed by atoms with E-state index < -0.39 is 15.3 Å². The third kappa shape index (κ3) is 4.07. The van der Waals surface area contributed by atoms with Crippen LogP contribution in [-0.2, 0) is 16.6 Å². The summed E-state index contributed by atoms with van der Waals surface area (Å²) in [5.74, 6) is 0.768. The standard InChI is InChI=1S/C17H25N3O4S/c1-24-15-6-4-14(5-7-15)12-18-17(21)19-11-8-16(13-19)25(22,23)20-9-2-3-10-20/h4-7,16H,2-3,8-13H2,1H3,(H,18,21). The third-order valence-corrected chi connectivity index (χ3v) is 7.19. The van der Waals surface area contributed by atoms with Gasteiger partial charge in [0.2, 0.25) is 10.0 Å². The lowest BCUT2D eigenvalue weighted by Gasteiger charge is -2.21. The molecule has 1 aromatic rings. The zero-order valence-corrected chi connectivity index (χ0v) is 15.3. The van der Waals surface area contributed by atoms with Gasteiger partial charge in [0.15, 0.2) is 0 Å². The fraction of sp³-hybridized carbons (Fsp3) is 0.588. The van der Waals surface area contributed by atoms with Gasteiger partial charge >= 0.3 is 6.03 Å². The lowest BCUT2D eigenvalue weighted by Crippen LogP contribution is -2.42. The molecular weight excluding hydrogens is 342 g/mol. The summed E-state index contributed by atoms with van der Waals surface area (Å²) in [6.07, 6.45) is 2.37. The van der Waals surface area contributed by atoms with Crippen LogP contribution in [0.5, 0.6) is 5.75 Å². The average Bonchev–Trinajstić information content (AvgIpc) is 3.32. The summed E-state index contributed by atoms with van der Waals surface area (Å²) < 4.78 is 31.9. The molecule has 2 fully saturated rings. The van der Waals surface area contributed by atoms with E-state index in [0.717, 1.165) is 24.2 Å². The second-order valence-electron chi connectivity index (χ2n) is 6.51. The number of benzene rings is 1. The smallest absolute Gasteiger partial charge is 0.317 e. The van der Waals surface area contributed by atoms with Crippen LogP contribution >= 0.6 is 0 Å². The van der Waals surface area contributed by atoms with Crippen molar-refractivity contribution in [1.29, 1.82) is 0 Å². The number of nitrogens with zero attached hydrogens (tertiary/aromatic N) is 2. The maximum Gasteiger partial charge on any atom is 0.317 e. The molecule has 0 aromatic heterocycles. The zero-order valence-electron chi connectivity index (χ0n) is 14.5. The van der Waals surface area contributed by atoms with Gasteiger partial charge in [-0.15, -0.1) is 0 Å². The molecule has 0 bridgehead atoms. The largest absolute Gasteiger partial charge is 0.497 e. The van der Waals surface area contributed by atoms with Crippen molar-refractivity contribution in [2.45, 2.75) is 31.1 Å². The van der Waals surface area contributed by atoms with Crippen LogP contribution in [-0.4, -0.2) is 62.2 Å². The maximum absolute atomic E-state index is 12.6. The molecule has 1 N–H and O–H groups in total. The molecule has 2 saturated heterocycles. The predicted octanol–water partition coefficient (Wildman–Crippen LogP) is 1.40. The molecule has 1 atom stereocenters. The molecule has 0 saturated carbocycles. The van der Waals surface area contributed by atoms with Crippen molar-refractivity contribution in [3.05, 3.63) is 29.8 Å². The second-order valence-corrected chi connectivity index (χ2v) is 8.73. The number of hydrogen-bond acceptors (Lipinski definition) is 4. The van der Waals surface area contributed by atoms with E-state index >= 15 is 0 Å². The first-order chi connectivity index (χ1) is 12.0. The molecule has 138 valence electrons. The van der Waals surface area contributed by atoms with Gasteiger partial charge in [0.1, 0.15) is 5.75 Å². The maximum atomic E-state index is 12.6. The van der Waals surface area contributed by atoms with Gasteiger partial charge in [0.25, 0.3) is 0 Å². The van der Waals surface area contributed by atoms with Gasteiger partial charge in [-0.3, -0.25) is 0 Å². The molecule has 1 aromatic carbocycles. The number of methoxy groups -OCH3 is 1. The minimum Gasteiger partial charge on any atom is -0.497 e. The topological polar surface area (TPSA) is 79.0 Å². The molecule has 8 heteroatoms. The highest BCUT2D eigenvalue weighted by atomic mass is 32.2. The monoisotopic (exact) mass is 367 g/mol. The van der Waals surface area contributed by atoms with Crippen molar-refractivity contribution in [3.8, 4) is 5.75 Å². The highest BCUT2D eigenvalue weighted by Gasteiger charge is 2.39.